The van der Waals surface area contributed by atoms with E-state index in [0.29, 0.717) is 29.4 Å². The van der Waals surface area contributed by atoms with Crippen LogP contribution in [0, 0.1) is 0 Å². The Bertz CT molecular complexity index is 803. The number of ether oxygens (including phenoxy) is 4. The van der Waals surface area contributed by atoms with Gasteiger partial charge in [-0.15, -0.1) is 0 Å². The van der Waals surface area contributed by atoms with Crippen LogP contribution in [-0.4, -0.2) is 39.2 Å². The first-order valence-corrected chi connectivity index (χ1v) is 8.23. The van der Waals surface area contributed by atoms with Crippen LogP contribution in [0.1, 0.15) is 27.6 Å². The van der Waals surface area contributed by atoms with E-state index in [1.54, 1.807) is 31.2 Å². The Morgan fingerprint density at radius 2 is 1.73 bits per heavy atom. The maximum Gasteiger partial charge on any atom is 0.338 e. The number of ketones is 1. The molecule has 0 spiro atoms. The Morgan fingerprint density at radius 1 is 1.04 bits per heavy atom. The van der Waals surface area contributed by atoms with Gasteiger partial charge in [0.25, 0.3) is 0 Å². The molecule has 0 aliphatic carbocycles. The van der Waals surface area contributed by atoms with Crippen molar-refractivity contribution in [3.63, 3.8) is 0 Å². The lowest BCUT2D eigenvalue weighted by Gasteiger charge is -2.13. The molecule has 0 aliphatic rings. The Morgan fingerprint density at radius 3 is 2.38 bits per heavy atom. The Labute approximate surface area is 156 Å². The number of esters is 1. The second kappa shape index (κ2) is 9.10. The highest BCUT2D eigenvalue weighted by atomic mass is 35.5. The fourth-order valence-corrected chi connectivity index (χ4v) is 2.55. The largest absolute Gasteiger partial charge is 0.496 e. The van der Waals surface area contributed by atoms with Gasteiger partial charge in [0, 0.05) is 0 Å². The zero-order chi connectivity index (χ0) is 19.1. The number of benzene rings is 2. The Hall–Kier alpha value is -2.73. The van der Waals surface area contributed by atoms with Crippen LogP contribution in [0.15, 0.2) is 36.4 Å². The van der Waals surface area contributed by atoms with Crippen LogP contribution >= 0.6 is 11.6 Å². The Balaban J connectivity index is 2.13. The van der Waals surface area contributed by atoms with E-state index in [4.69, 9.17) is 30.5 Å². The first kappa shape index (κ1) is 19.6. The first-order chi connectivity index (χ1) is 12.5. The summed E-state index contributed by atoms with van der Waals surface area (Å²) in [5, 5.41) is 0.217. The molecular formula is C19H19ClO6. The smallest absolute Gasteiger partial charge is 0.338 e. The van der Waals surface area contributed by atoms with Gasteiger partial charge >= 0.3 is 5.97 Å². The summed E-state index contributed by atoms with van der Waals surface area (Å²) in [7, 11) is 2.90. The number of hydrogen-bond acceptors (Lipinski definition) is 6. The minimum atomic E-state index is -0.698. The second-order valence-corrected chi connectivity index (χ2v) is 5.53. The van der Waals surface area contributed by atoms with Gasteiger partial charge in [0.15, 0.2) is 18.1 Å². The van der Waals surface area contributed by atoms with E-state index >= 15 is 0 Å². The van der Waals surface area contributed by atoms with Crippen molar-refractivity contribution < 1.29 is 28.5 Å². The molecule has 2 aromatic rings. The fraction of sp³-hybridized carbons (Fsp3) is 0.263. The molecule has 26 heavy (non-hydrogen) atoms. The molecule has 0 bridgehead atoms. The van der Waals surface area contributed by atoms with Gasteiger partial charge in [-0.3, -0.25) is 4.79 Å². The molecule has 7 heteroatoms. The number of hydrogen-bond donors (Lipinski definition) is 0. The number of Topliss-reactive ketones (excluding diaryl/α,β-unsaturated/α-hetero) is 1. The number of carbonyl (C=O) groups is 2. The second-order valence-electron chi connectivity index (χ2n) is 5.12. The van der Waals surface area contributed by atoms with E-state index in [0.717, 1.165) is 0 Å². The van der Waals surface area contributed by atoms with Crippen molar-refractivity contribution in [3.05, 3.63) is 52.5 Å². The topological polar surface area (TPSA) is 71.1 Å². The maximum absolute atomic E-state index is 12.3. The molecule has 0 unspecified atom stereocenters. The van der Waals surface area contributed by atoms with Crippen LogP contribution in [0.25, 0.3) is 0 Å². The van der Waals surface area contributed by atoms with Crippen LogP contribution < -0.4 is 14.2 Å². The highest BCUT2D eigenvalue weighted by Gasteiger charge is 2.19. The predicted molar refractivity (Wildman–Crippen MR) is 96.8 cm³/mol. The van der Waals surface area contributed by atoms with Crippen molar-refractivity contribution in [2.45, 2.75) is 6.92 Å². The molecule has 2 aromatic carbocycles. The number of para-hydroxylation sites is 1. The molecule has 0 radical (unpaired) electrons. The summed E-state index contributed by atoms with van der Waals surface area (Å²) in [6.07, 6.45) is 0. The van der Waals surface area contributed by atoms with Crippen LogP contribution in [-0.2, 0) is 4.74 Å². The maximum atomic E-state index is 12.3. The van der Waals surface area contributed by atoms with Gasteiger partial charge in [-0.25, -0.2) is 4.79 Å². The molecule has 0 aromatic heterocycles. The van der Waals surface area contributed by atoms with E-state index in [2.05, 4.69) is 0 Å². The minimum Gasteiger partial charge on any atom is -0.496 e. The van der Waals surface area contributed by atoms with E-state index in [1.165, 1.54) is 26.4 Å². The average molecular weight is 379 g/mol. The van der Waals surface area contributed by atoms with E-state index in [9.17, 15) is 9.59 Å². The third kappa shape index (κ3) is 4.46. The van der Waals surface area contributed by atoms with Gasteiger partial charge in [-0.1, -0.05) is 23.7 Å². The lowest BCUT2D eigenvalue weighted by atomic mass is 10.1. The molecule has 2 rings (SSSR count). The molecule has 0 aliphatic heterocycles. The number of rotatable bonds is 8. The van der Waals surface area contributed by atoms with Gasteiger partial charge in [-0.05, 0) is 31.2 Å². The van der Waals surface area contributed by atoms with Crippen molar-refractivity contribution in [3.8, 4) is 17.2 Å². The first-order valence-electron chi connectivity index (χ1n) is 7.85. The quantitative estimate of drug-likeness (QED) is 0.514. The molecule has 0 saturated carbocycles. The van der Waals surface area contributed by atoms with Crippen molar-refractivity contribution in [1.82, 2.24) is 0 Å². The predicted octanol–water partition coefficient (Wildman–Crippen LogP) is 3.80. The van der Waals surface area contributed by atoms with Crippen LogP contribution in [0.3, 0.4) is 0 Å². The lowest BCUT2D eigenvalue weighted by Crippen LogP contribution is -2.15. The van der Waals surface area contributed by atoms with Crippen molar-refractivity contribution in [2.24, 2.45) is 0 Å². The summed E-state index contributed by atoms with van der Waals surface area (Å²) in [4.78, 5) is 24.5. The van der Waals surface area contributed by atoms with Gasteiger partial charge < -0.3 is 18.9 Å². The van der Waals surface area contributed by atoms with Crippen molar-refractivity contribution in [2.75, 3.05) is 27.4 Å². The minimum absolute atomic E-state index is 0.156. The van der Waals surface area contributed by atoms with Gasteiger partial charge in [0.05, 0.1) is 37.0 Å². The van der Waals surface area contributed by atoms with Gasteiger partial charge in [-0.2, -0.15) is 0 Å². The van der Waals surface area contributed by atoms with Crippen LogP contribution in [0.2, 0.25) is 5.02 Å². The fourth-order valence-electron chi connectivity index (χ4n) is 2.29. The Kier molecular flexibility index (Phi) is 6.86. The number of halogens is 1. The normalized spacial score (nSPS) is 10.2. The molecule has 6 nitrogen and oxygen atoms in total. The SMILES string of the molecule is CCOc1c(Cl)cc(C(=O)OCC(=O)c2ccccc2OC)cc1OC. The summed E-state index contributed by atoms with van der Waals surface area (Å²) >= 11 is 6.14. The third-order valence-electron chi connectivity index (χ3n) is 3.50. The zero-order valence-corrected chi connectivity index (χ0v) is 15.5. The lowest BCUT2D eigenvalue weighted by molar-refractivity contribution is 0.0473. The molecule has 0 N–H and O–H groups in total. The number of carbonyl (C=O) groups excluding carboxylic acids is 2. The average Bonchev–Trinajstić information content (AvgIpc) is 2.67. The monoisotopic (exact) mass is 378 g/mol. The molecule has 0 heterocycles. The summed E-state index contributed by atoms with van der Waals surface area (Å²) in [5.74, 6) is -0.00343. The third-order valence-corrected chi connectivity index (χ3v) is 3.78. The molecule has 0 amide bonds. The van der Waals surface area contributed by atoms with Crippen LogP contribution in [0.5, 0.6) is 17.2 Å². The van der Waals surface area contributed by atoms with Crippen molar-refractivity contribution >= 4 is 23.4 Å². The molecule has 0 fully saturated rings. The summed E-state index contributed by atoms with van der Waals surface area (Å²) in [5.41, 5.74) is 0.494. The molecule has 0 saturated heterocycles. The number of methoxy groups -OCH3 is 2. The van der Waals surface area contributed by atoms with Gasteiger partial charge in [0.2, 0.25) is 5.78 Å². The summed E-state index contributed by atoms with van der Waals surface area (Å²) in [6.45, 7) is 1.78. The van der Waals surface area contributed by atoms with E-state index in [-0.39, 0.29) is 16.4 Å². The highest BCUT2D eigenvalue weighted by molar-refractivity contribution is 6.32. The molecular weight excluding hydrogens is 360 g/mol. The van der Waals surface area contributed by atoms with E-state index in [1.807, 2.05) is 0 Å². The summed E-state index contributed by atoms with van der Waals surface area (Å²) < 4.78 is 20.8. The van der Waals surface area contributed by atoms with Crippen molar-refractivity contribution in [1.29, 1.82) is 0 Å². The van der Waals surface area contributed by atoms with E-state index < -0.39 is 12.6 Å². The zero-order valence-electron chi connectivity index (χ0n) is 14.7. The standard InChI is InChI=1S/C19H19ClO6/c1-4-25-18-14(20)9-12(10-17(18)24-3)19(22)26-11-15(21)13-7-5-6-8-16(13)23-2/h5-10H,4,11H2,1-3H3. The molecule has 0 atom stereocenters. The summed E-state index contributed by atoms with van der Waals surface area (Å²) in [6, 6.07) is 9.57. The van der Waals surface area contributed by atoms with Gasteiger partial charge in [0.1, 0.15) is 5.75 Å². The highest BCUT2D eigenvalue weighted by Crippen LogP contribution is 2.36. The van der Waals surface area contributed by atoms with Crippen LogP contribution in [0.4, 0.5) is 0 Å². The molecule has 138 valence electrons.